The van der Waals surface area contributed by atoms with E-state index in [9.17, 15) is 13.2 Å². The van der Waals surface area contributed by atoms with E-state index in [1.54, 1.807) is 0 Å². The number of rotatable bonds is 3. The number of aryl methyl sites for hydroxylation is 1. The van der Waals surface area contributed by atoms with Crippen LogP contribution < -0.4 is 10.5 Å². The van der Waals surface area contributed by atoms with Crippen LogP contribution in [-0.4, -0.2) is 20.4 Å². The van der Waals surface area contributed by atoms with Crippen molar-refractivity contribution in [3.8, 4) is 0 Å². The van der Waals surface area contributed by atoms with Gasteiger partial charge in [0.25, 0.3) is 5.91 Å². The van der Waals surface area contributed by atoms with Crippen molar-refractivity contribution in [1.82, 2.24) is 5.32 Å². The molecule has 112 valence electrons. The Labute approximate surface area is 118 Å². The van der Waals surface area contributed by atoms with Gasteiger partial charge in [0.1, 0.15) is 10.7 Å². The highest BCUT2D eigenvalue weighted by molar-refractivity contribution is 7.89. The molecule has 1 amide bonds. The molecule has 1 fully saturated rings. The molecule has 20 heavy (non-hydrogen) atoms. The van der Waals surface area contributed by atoms with Crippen LogP contribution in [0.15, 0.2) is 15.4 Å². The average molecular weight is 300 g/mol. The first-order valence-corrected chi connectivity index (χ1v) is 8.36. The van der Waals surface area contributed by atoms with Crippen LogP contribution in [0.1, 0.15) is 54.8 Å². The zero-order valence-electron chi connectivity index (χ0n) is 11.5. The number of nitrogens with one attached hydrogen (secondary N) is 1. The van der Waals surface area contributed by atoms with Crippen molar-refractivity contribution in [3.05, 3.63) is 17.6 Å². The van der Waals surface area contributed by atoms with Gasteiger partial charge < -0.3 is 9.73 Å². The normalized spacial score (nSPS) is 17.7. The SMILES string of the molecule is Cc1oc(C(=O)NC2CCCCCC2)cc1S(N)(=O)=O. The number of carbonyl (C=O) groups excluding carboxylic acids is 1. The summed E-state index contributed by atoms with van der Waals surface area (Å²) in [7, 11) is -3.86. The first kappa shape index (κ1) is 15.1. The maximum absolute atomic E-state index is 12.1. The second-order valence-electron chi connectivity index (χ2n) is 5.24. The molecular weight excluding hydrogens is 280 g/mol. The van der Waals surface area contributed by atoms with Crippen molar-refractivity contribution in [3.63, 3.8) is 0 Å². The van der Waals surface area contributed by atoms with E-state index in [1.807, 2.05) is 0 Å². The van der Waals surface area contributed by atoms with Gasteiger partial charge in [-0.3, -0.25) is 4.79 Å². The molecule has 0 saturated heterocycles. The maximum Gasteiger partial charge on any atom is 0.287 e. The van der Waals surface area contributed by atoms with Crippen molar-refractivity contribution in [2.75, 3.05) is 0 Å². The third kappa shape index (κ3) is 3.61. The summed E-state index contributed by atoms with van der Waals surface area (Å²) in [5.41, 5.74) is 0. The summed E-state index contributed by atoms with van der Waals surface area (Å²) in [4.78, 5) is 11.9. The van der Waals surface area contributed by atoms with Gasteiger partial charge in [-0.2, -0.15) is 0 Å². The number of hydrogen-bond acceptors (Lipinski definition) is 4. The van der Waals surface area contributed by atoms with Crippen LogP contribution in [-0.2, 0) is 10.0 Å². The lowest BCUT2D eigenvalue weighted by Crippen LogP contribution is -2.34. The molecule has 2 rings (SSSR count). The lowest BCUT2D eigenvalue weighted by Gasteiger charge is -2.14. The van der Waals surface area contributed by atoms with Gasteiger partial charge in [0.2, 0.25) is 10.0 Å². The molecule has 0 bridgehead atoms. The van der Waals surface area contributed by atoms with Gasteiger partial charge in [0.15, 0.2) is 5.76 Å². The Bertz CT molecular complexity index is 584. The summed E-state index contributed by atoms with van der Waals surface area (Å²) in [5, 5.41) is 7.96. The second kappa shape index (κ2) is 5.97. The number of hydrogen-bond donors (Lipinski definition) is 2. The molecule has 1 aromatic heterocycles. The van der Waals surface area contributed by atoms with Gasteiger partial charge in [-0.15, -0.1) is 0 Å². The molecular formula is C13H20N2O4S. The lowest BCUT2D eigenvalue weighted by atomic mass is 10.1. The Hall–Kier alpha value is -1.34. The van der Waals surface area contributed by atoms with Crippen LogP contribution in [0.4, 0.5) is 0 Å². The molecule has 1 aromatic rings. The molecule has 6 nitrogen and oxygen atoms in total. The first-order chi connectivity index (χ1) is 9.38. The molecule has 1 heterocycles. The van der Waals surface area contributed by atoms with Crippen LogP contribution >= 0.6 is 0 Å². The van der Waals surface area contributed by atoms with Gasteiger partial charge >= 0.3 is 0 Å². The summed E-state index contributed by atoms with van der Waals surface area (Å²) < 4.78 is 27.8. The van der Waals surface area contributed by atoms with Gasteiger partial charge in [-0.1, -0.05) is 25.7 Å². The number of primary sulfonamides is 1. The predicted octanol–water partition coefficient (Wildman–Crippen LogP) is 1.69. The van der Waals surface area contributed by atoms with E-state index in [1.165, 1.54) is 25.8 Å². The zero-order chi connectivity index (χ0) is 14.8. The second-order valence-corrected chi connectivity index (χ2v) is 6.77. The quantitative estimate of drug-likeness (QED) is 0.829. The van der Waals surface area contributed by atoms with E-state index in [4.69, 9.17) is 9.56 Å². The Balaban J connectivity index is 2.09. The van der Waals surface area contributed by atoms with Crippen molar-refractivity contribution in [2.24, 2.45) is 5.14 Å². The van der Waals surface area contributed by atoms with Gasteiger partial charge in [-0.25, -0.2) is 13.6 Å². The molecule has 3 N–H and O–H groups in total. The van der Waals surface area contributed by atoms with E-state index < -0.39 is 10.0 Å². The molecule has 0 unspecified atom stereocenters. The highest BCUT2D eigenvalue weighted by Gasteiger charge is 2.23. The molecule has 0 radical (unpaired) electrons. The van der Waals surface area contributed by atoms with E-state index in [2.05, 4.69) is 5.32 Å². The van der Waals surface area contributed by atoms with Gasteiger partial charge in [-0.05, 0) is 19.8 Å². The summed E-state index contributed by atoms with van der Waals surface area (Å²) in [6, 6.07) is 1.32. The monoisotopic (exact) mass is 300 g/mol. The van der Waals surface area contributed by atoms with Crippen molar-refractivity contribution in [2.45, 2.75) is 56.4 Å². The maximum atomic E-state index is 12.1. The molecule has 1 aliphatic rings. The minimum Gasteiger partial charge on any atom is -0.455 e. The largest absolute Gasteiger partial charge is 0.455 e. The van der Waals surface area contributed by atoms with Crippen LogP contribution in [0.2, 0.25) is 0 Å². The van der Waals surface area contributed by atoms with Crippen molar-refractivity contribution >= 4 is 15.9 Å². The standard InChI is InChI=1S/C13H20N2O4S/c1-9-12(20(14,17)18)8-11(19-9)13(16)15-10-6-4-2-3-5-7-10/h8,10H,2-7H2,1H3,(H,15,16)(H2,14,17,18). The Morgan fingerprint density at radius 2 is 1.90 bits per heavy atom. The minimum absolute atomic E-state index is 0.00391. The van der Waals surface area contributed by atoms with E-state index in [-0.39, 0.29) is 28.4 Å². The number of carbonyl (C=O) groups is 1. The summed E-state index contributed by atoms with van der Waals surface area (Å²) in [6.07, 6.45) is 6.50. The molecule has 0 atom stereocenters. The van der Waals surface area contributed by atoms with Gasteiger partial charge in [0.05, 0.1) is 0 Å². The number of sulfonamides is 1. The van der Waals surface area contributed by atoms with Gasteiger partial charge in [0, 0.05) is 12.1 Å². The fourth-order valence-electron chi connectivity index (χ4n) is 2.54. The van der Waals surface area contributed by atoms with Crippen molar-refractivity contribution in [1.29, 1.82) is 0 Å². The Morgan fingerprint density at radius 3 is 2.40 bits per heavy atom. The minimum atomic E-state index is -3.86. The average Bonchev–Trinajstić information content (AvgIpc) is 2.58. The van der Waals surface area contributed by atoms with Crippen LogP contribution in [0.3, 0.4) is 0 Å². The molecule has 0 aliphatic heterocycles. The van der Waals surface area contributed by atoms with Crippen LogP contribution in [0, 0.1) is 6.92 Å². The van der Waals surface area contributed by atoms with E-state index >= 15 is 0 Å². The molecule has 0 spiro atoms. The fourth-order valence-corrected chi connectivity index (χ4v) is 3.25. The van der Waals surface area contributed by atoms with E-state index in [0.29, 0.717) is 0 Å². The third-order valence-corrected chi connectivity index (χ3v) is 4.61. The zero-order valence-corrected chi connectivity index (χ0v) is 12.3. The topological polar surface area (TPSA) is 102 Å². The highest BCUT2D eigenvalue weighted by Crippen LogP contribution is 2.20. The summed E-state index contributed by atoms with van der Waals surface area (Å²) in [5.74, 6) is -0.246. The summed E-state index contributed by atoms with van der Waals surface area (Å²) >= 11 is 0. The highest BCUT2D eigenvalue weighted by atomic mass is 32.2. The van der Waals surface area contributed by atoms with Crippen LogP contribution in [0.25, 0.3) is 0 Å². The Kier molecular flexibility index (Phi) is 4.49. The smallest absolute Gasteiger partial charge is 0.287 e. The molecule has 1 saturated carbocycles. The molecule has 0 aromatic carbocycles. The lowest BCUT2D eigenvalue weighted by molar-refractivity contribution is 0.0904. The number of nitrogens with two attached hydrogens (primary N) is 1. The van der Waals surface area contributed by atoms with Crippen LogP contribution in [0.5, 0.6) is 0 Å². The first-order valence-electron chi connectivity index (χ1n) is 6.82. The Morgan fingerprint density at radius 1 is 1.30 bits per heavy atom. The predicted molar refractivity (Wildman–Crippen MR) is 73.8 cm³/mol. The van der Waals surface area contributed by atoms with E-state index in [0.717, 1.165) is 25.7 Å². The summed E-state index contributed by atoms with van der Waals surface area (Å²) in [6.45, 7) is 1.47. The number of amides is 1. The fraction of sp³-hybridized carbons (Fsp3) is 0.615. The molecule has 7 heteroatoms. The third-order valence-electron chi connectivity index (χ3n) is 3.59. The molecule has 1 aliphatic carbocycles. The number of furan rings is 1. The van der Waals surface area contributed by atoms with Crippen molar-refractivity contribution < 1.29 is 17.6 Å².